The van der Waals surface area contributed by atoms with E-state index in [1.54, 1.807) is 72.5 Å². The molecule has 0 saturated heterocycles. The molecule has 0 amide bonds. The summed E-state index contributed by atoms with van der Waals surface area (Å²) >= 11 is 0. The molecule has 0 atom stereocenters. The fraction of sp³-hybridized carbons (Fsp3) is 0.136. The maximum atomic E-state index is 15.4. The highest BCUT2D eigenvalue weighted by molar-refractivity contribution is 7.70. The Morgan fingerprint density at radius 2 is 1.71 bits per heavy atom. The van der Waals surface area contributed by atoms with Crippen LogP contribution in [0.2, 0.25) is 0 Å². The number of nitrogens with zero attached hydrogens (tertiary/aromatic N) is 5. The van der Waals surface area contributed by atoms with Gasteiger partial charge in [0.2, 0.25) is 5.82 Å². The Morgan fingerprint density at radius 1 is 0.935 bits per heavy atom. The van der Waals surface area contributed by atoms with Crippen molar-refractivity contribution in [2.75, 3.05) is 13.3 Å². The third kappa shape index (κ3) is 3.33. The number of alkyl halides is 2. The molecule has 0 spiro atoms. The molecule has 5 aromatic rings. The van der Waals surface area contributed by atoms with Crippen LogP contribution in [0.1, 0.15) is 11.4 Å². The van der Waals surface area contributed by atoms with E-state index < -0.39 is 18.9 Å². The Bertz CT molecular complexity index is 1470. The molecule has 0 aliphatic carbocycles. The predicted molar refractivity (Wildman–Crippen MR) is 116 cm³/mol. The molecule has 1 aromatic carbocycles. The van der Waals surface area contributed by atoms with Crippen LogP contribution in [0.4, 0.5) is 8.78 Å². The lowest BCUT2D eigenvalue weighted by molar-refractivity contribution is 0.0302. The zero-order valence-corrected chi connectivity index (χ0v) is 17.7. The summed E-state index contributed by atoms with van der Waals surface area (Å²) in [7, 11) is -2.38. The Kier molecular flexibility index (Phi) is 4.31. The maximum Gasteiger partial charge on any atom is 0.335 e. The lowest BCUT2D eigenvalue weighted by atomic mass is 10.1. The quantitative estimate of drug-likeness (QED) is 0.390. The molecule has 0 aliphatic rings. The fourth-order valence-electron chi connectivity index (χ4n) is 3.48. The second-order valence-electron chi connectivity index (χ2n) is 7.74. The second-order valence-corrected chi connectivity index (χ2v) is 11.0. The summed E-state index contributed by atoms with van der Waals surface area (Å²) in [4.78, 5) is 0. The third-order valence-electron chi connectivity index (χ3n) is 5.21. The molecule has 6 nitrogen and oxygen atoms in total. The van der Waals surface area contributed by atoms with Gasteiger partial charge in [-0.15, -0.1) is 10.2 Å². The van der Waals surface area contributed by atoms with E-state index in [1.807, 2.05) is 6.07 Å². The topological polar surface area (TPSA) is 64.6 Å². The summed E-state index contributed by atoms with van der Waals surface area (Å²) in [6, 6.07) is 17.1. The zero-order chi connectivity index (χ0) is 21.8. The van der Waals surface area contributed by atoms with E-state index in [-0.39, 0.29) is 11.2 Å². The van der Waals surface area contributed by atoms with Crippen molar-refractivity contribution in [3.63, 3.8) is 0 Å². The summed E-state index contributed by atoms with van der Waals surface area (Å²) in [5.74, 6) is -3.95. The van der Waals surface area contributed by atoms with Crippen LogP contribution in [0.15, 0.2) is 73.1 Å². The largest absolute Gasteiger partial charge is 0.335 e. The van der Waals surface area contributed by atoms with E-state index in [4.69, 9.17) is 0 Å². The summed E-state index contributed by atoms with van der Waals surface area (Å²) in [6.45, 7) is 3.39. The standard InChI is InChI=1S/C22H18F2N5OP/c1-31(2,30)18-9-5-15(6-10-18)19-11-12-20-25-26-21(29(20)27-19)22(23,24)16-7-8-17-4-3-13-28(17)14-16/h3-14H,1-2H3. The average Bonchev–Trinajstić information content (AvgIpc) is 3.39. The van der Waals surface area contributed by atoms with Crippen molar-refractivity contribution in [3.8, 4) is 11.3 Å². The number of halogens is 2. The van der Waals surface area contributed by atoms with Crippen molar-refractivity contribution in [2.45, 2.75) is 5.92 Å². The minimum absolute atomic E-state index is 0.205. The number of hydrogen-bond acceptors (Lipinski definition) is 4. The molecule has 4 heterocycles. The molecular weight excluding hydrogens is 419 g/mol. The highest BCUT2D eigenvalue weighted by Crippen LogP contribution is 2.36. The first kappa shape index (κ1) is 19.6. The first-order chi connectivity index (χ1) is 14.7. The van der Waals surface area contributed by atoms with Crippen LogP contribution >= 0.6 is 7.14 Å². The van der Waals surface area contributed by atoms with Crippen molar-refractivity contribution in [1.29, 1.82) is 0 Å². The van der Waals surface area contributed by atoms with Crippen molar-refractivity contribution in [2.24, 2.45) is 0 Å². The summed E-state index contributed by atoms with van der Waals surface area (Å²) < 4.78 is 45.7. The van der Waals surface area contributed by atoms with Gasteiger partial charge in [0.05, 0.1) is 5.69 Å². The van der Waals surface area contributed by atoms with Gasteiger partial charge in [0, 0.05) is 34.3 Å². The molecule has 31 heavy (non-hydrogen) atoms. The Labute approximate surface area is 176 Å². The number of benzene rings is 1. The lowest BCUT2D eigenvalue weighted by Crippen LogP contribution is -2.20. The van der Waals surface area contributed by atoms with E-state index in [9.17, 15) is 4.57 Å². The van der Waals surface area contributed by atoms with Gasteiger partial charge in [0.15, 0.2) is 5.65 Å². The van der Waals surface area contributed by atoms with Gasteiger partial charge in [-0.3, -0.25) is 0 Å². The van der Waals surface area contributed by atoms with Gasteiger partial charge in [-0.2, -0.15) is 18.4 Å². The minimum Gasteiger partial charge on any atom is -0.323 e. The van der Waals surface area contributed by atoms with Gasteiger partial charge in [-0.25, -0.2) is 0 Å². The number of hydrogen-bond donors (Lipinski definition) is 0. The molecular formula is C22H18F2N5OP. The Balaban J connectivity index is 1.59. The van der Waals surface area contributed by atoms with Gasteiger partial charge in [0.25, 0.3) is 0 Å². The zero-order valence-electron chi connectivity index (χ0n) is 16.8. The summed E-state index contributed by atoms with van der Waals surface area (Å²) in [6.07, 6.45) is 3.09. The molecule has 5 rings (SSSR count). The van der Waals surface area contributed by atoms with Crippen molar-refractivity contribution < 1.29 is 13.3 Å². The molecule has 0 radical (unpaired) electrons. The smallest absolute Gasteiger partial charge is 0.323 e. The van der Waals surface area contributed by atoms with Crippen LogP contribution in [-0.4, -0.2) is 37.5 Å². The maximum absolute atomic E-state index is 15.4. The average molecular weight is 437 g/mol. The summed E-state index contributed by atoms with van der Waals surface area (Å²) in [5, 5.41) is 12.7. The number of pyridine rings is 1. The van der Waals surface area contributed by atoms with Gasteiger partial charge >= 0.3 is 5.92 Å². The fourth-order valence-corrected chi connectivity index (χ4v) is 4.35. The molecule has 0 fully saturated rings. The van der Waals surface area contributed by atoms with Crippen molar-refractivity contribution in [1.82, 2.24) is 24.2 Å². The Morgan fingerprint density at radius 3 is 2.45 bits per heavy atom. The van der Waals surface area contributed by atoms with Crippen LogP contribution in [0, 0.1) is 0 Å². The highest BCUT2D eigenvalue weighted by atomic mass is 31.2. The van der Waals surface area contributed by atoms with Gasteiger partial charge in [-0.05, 0) is 49.7 Å². The first-order valence-corrected chi connectivity index (χ1v) is 12.2. The predicted octanol–water partition coefficient (Wildman–Crippen LogP) is 4.43. The van der Waals surface area contributed by atoms with Gasteiger partial charge in [0.1, 0.15) is 7.14 Å². The molecule has 0 N–H and O–H groups in total. The van der Waals surface area contributed by atoms with Crippen molar-refractivity contribution in [3.05, 3.63) is 84.4 Å². The third-order valence-corrected chi connectivity index (χ3v) is 6.76. The SMILES string of the molecule is CP(C)(=O)c1ccc(-c2ccc3nnc(C(F)(F)c4ccc5cccn5c4)n3n2)cc1. The highest BCUT2D eigenvalue weighted by Gasteiger charge is 2.40. The van der Waals surface area contributed by atoms with Crippen LogP contribution in [-0.2, 0) is 10.5 Å². The monoisotopic (exact) mass is 437 g/mol. The van der Waals surface area contributed by atoms with Gasteiger partial charge < -0.3 is 8.97 Å². The van der Waals surface area contributed by atoms with Crippen molar-refractivity contribution >= 4 is 23.6 Å². The van der Waals surface area contributed by atoms with E-state index in [0.717, 1.165) is 20.9 Å². The van der Waals surface area contributed by atoms with E-state index in [0.29, 0.717) is 5.69 Å². The van der Waals surface area contributed by atoms with E-state index in [2.05, 4.69) is 15.3 Å². The second kappa shape index (κ2) is 6.82. The number of fused-ring (bicyclic) bond motifs is 2. The van der Waals surface area contributed by atoms with Gasteiger partial charge in [-0.1, -0.05) is 24.3 Å². The minimum atomic E-state index is -3.40. The van der Waals surface area contributed by atoms with Crippen LogP contribution < -0.4 is 5.30 Å². The molecule has 0 saturated carbocycles. The van der Waals surface area contributed by atoms with Crippen LogP contribution in [0.3, 0.4) is 0 Å². The molecule has 0 unspecified atom stereocenters. The number of aromatic nitrogens is 5. The normalized spacial score (nSPS) is 12.6. The molecule has 0 bridgehead atoms. The molecule has 0 aliphatic heterocycles. The molecule has 156 valence electrons. The Hall–Kier alpha value is -3.38. The molecule has 9 heteroatoms. The van der Waals surface area contributed by atoms with E-state index >= 15 is 8.78 Å². The molecule has 4 aromatic heterocycles. The summed E-state index contributed by atoms with van der Waals surface area (Å²) in [5.41, 5.74) is 2.04. The van der Waals surface area contributed by atoms with E-state index in [1.165, 1.54) is 12.3 Å². The van der Waals surface area contributed by atoms with Crippen LogP contribution in [0.25, 0.3) is 22.4 Å². The van der Waals surface area contributed by atoms with Crippen LogP contribution in [0.5, 0.6) is 0 Å². The lowest BCUT2D eigenvalue weighted by Gasteiger charge is -2.15. The first-order valence-electron chi connectivity index (χ1n) is 9.57. The number of rotatable bonds is 4.